The first-order chi connectivity index (χ1) is 12.9. The molecule has 0 saturated carbocycles. The van der Waals surface area contributed by atoms with E-state index in [1.54, 1.807) is 38.1 Å². The minimum absolute atomic E-state index is 0.0143. The van der Waals surface area contributed by atoms with Crippen molar-refractivity contribution in [2.45, 2.75) is 26.5 Å². The van der Waals surface area contributed by atoms with Crippen molar-refractivity contribution in [2.75, 3.05) is 7.11 Å². The average Bonchev–Trinajstić information content (AvgIpc) is 3.14. The van der Waals surface area contributed by atoms with Crippen molar-refractivity contribution < 1.29 is 23.5 Å². The molecule has 0 N–H and O–H groups in total. The predicted molar refractivity (Wildman–Crippen MR) is 95.6 cm³/mol. The number of methoxy groups -OCH3 is 1. The summed E-state index contributed by atoms with van der Waals surface area (Å²) in [4.78, 5) is 36.5. The van der Waals surface area contributed by atoms with Crippen LogP contribution in [0.4, 0.5) is 0 Å². The van der Waals surface area contributed by atoms with Crippen molar-refractivity contribution in [3.8, 4) is 0 Å². The molecule has 0 unspecified atom stereocenters. The molecule has 8 nitrogen and oxygen atoms in total. The summed E-state index contributed by atoms with van der Waals surface area (Å²) in [6.45, 7) is 3.41. The number of aromatic nitrogens is 2. The zero-order valence-corrected chi connectivity index (χ0v) is 15.1. The molecule has 2 heterocycles. The summed E-state index contributed by atoms with van der Waals surface area (Å²) in [7, 11) is 1.24. The Morgan fingerprint density at radius 3 is 2.48 bits per heavy atom. The fourth-order valence-corrected chi connectivity index (χ4v) is 2.58. The van der Waals surface area contributed by atoms with Gasteiger partial charge in [0.05, 0.1) is 18.5 Å². The number of fused-ring (bicyclic) bond motifs is 1. The smallest absolute Gasteiger partial charge is 0.373 e. The highest BCUT2D eigenvalue weighted by Crippen LogP contribution is 2.17. The highest BCUT2D eigenvalue weighted by atomic mass is 16.6. The first kappa shape index (κ1) is 18.4. The number of ether oxygens (including phenoxy) is 2. The van der Waals surface area contributed by atoms with E-state index in [2.05, 4.69) is 9.84 Å². The van der Waals surface area contributed by atoms with Gasteiger partial charge in [0, 0.05) is 5.39 Å². The second-order valence-electron chi connectivity index (χ2n) is 6.07. The lowest BCUT2D eigenvalue weighted by atomic mass is 10.1. The molecule has 140 valence electrons. The summed E-state index contributed by atoms with van der Waals surface area (Å²) in [6, 6.07) is 9.45. The van der Waals surface area contributed by atoms with Crippen LogP contribution in [0.25, 0.3) is 10.8 Å². The van der Waals surface area contributed by atoms with Gasteiger partial charge in [0.1, 0.15) is 12.4 Å². The number of rotatable bonds is 5. The van der Waals surface area contributed by atoms with Crippen molar-refractivity contribution in [3.63, 3.8) is 0 Å². The van der Waals surface area contributed by atoms with Gasteiger partial charge >= 0.3 is 11.9 Å². The maximum absolute atomic E-state index is 12.6. The third-order valence-electron chi connectivity index (χ3n) is 3.90. The molecule has 0 aliphatic rings. The van der Waals surface area contributed by atoms with E-state index in [0.717, 1.165) is 0 Å². The second kappa shape index (κ2) is 7.45. The molecule has 27 heavy (non-hydrogen) atoms. The van der Waals surface area contributed by atoms with Crippen molar-refractivity contribution >= 4 is 22.7 Å². The van der Waals surface area contributed by atoms with E-state index in [-0.39, 0.29) is 35.4 Å². The first-order valence-corrected chi connectivity index (χ1v) is 8.28. The van der Waals surface area contributed by atoms with Gasteiger partial charge in [-0.1, -0.05) is 18.2 Å². The lowest BCUT2D eigenvalue weighted by molar-refractivity contribution is 0.0431. The van der Waals surface area contributed by atoms with E-state index in [1.807, 2.05) is 0 Å². The van der Waals surface area contributed by atoms with Crippen LogP contribution >= 0.6 is 0 Å². The highest BCUT2D eigenvalue weighted by molar-refractivity contribution is 6.02. The number of furan rings is 1. The zero-order chi connectivity index (χ0) is 19.6. The molecule has 1 aromatic carbocycles. The molecular weight excluding hydrogens is 352 g/mol. The van der Waals surface area contributed by atoms with Gasteiger partial charge in [-0.25, -0.2) is 14.3 Å². The van der Waals surface area contributed by atoms with Gasteiger partial charge in [0.2, 0.25) is 5.76 Å². The Morgan fingerprint density at radius 2 is 1.81 bits per heavy atom. The fraction of sp³-hybridized carbons (Fsp3) is 0.263. The van der Waals surface area contributed by atoms with E-state index in [1.165, 1.54) is 23.9 Å². The summed E-state index contributed by atoms with van der Waals surface area (Å²) < 4.78 is 16.3. The molecule has 0 atom stereocenters. The standard InChI is InChI=1S/C19H18N2O6/c1-11(2)21-17(22)14-7-5-4-6-13(14)16(20-21)19(24)26-10-12-8-9-15(27-12)18(23)25-3/h4-9,11H,10H2,1-3H3. The van der Waals surface area contributed by atoms with E-state index in [0.29, 0.717) is 10.8 Å². The molecule has 3 rings (SSSR count). The minimum atomic E-state index is -0.698. The van der Waals surface area contributed by atoms with Crippen LogP contribution in [-0.4, -0.2) is 28.8 Å². The second-order valence-corrected chi connectivity index (χ2v) is 6.07. The first-order valence-electron chi connectivity index (χ1n) is 8.28. The fourth-order valence-electron chi connectivity index (χ4n) is 2.58. The normalized spacial score (nSPS) is 11.0. The number of carbonyl (C=O) groups excluding carboxylic acids is 2. The van der Waals surface area contributed by atoms with Crippen molar-refractivity contribution in [2.24, 2.45) is 0 Å². The van der Waals surface area contributed by atoms with Crippen LogP contribution in [-0.2, 0) is 16.1 Å². The monoisotopic (exact) mass is 370 g/mol. The van der Waals surface area contributed by atoms with Gasteiger partial charge in [0.15, 0.2) is 5.69 Å². The molecule has 0 aliphatic heterocycles. The lowest BCUT2D eigenvalue weighted by Gasteiger charge is -2.12. The van der Waals surface area contributed by atoms with Crippen LogP contribution in [0.2, 0.25) is 0 Å². The number of benzene rings is 1. The summed E-state index contributed by atoms with van der Waals surface area (Å²) >= 11 is 0. The summed E-state index contributed by atoms with van der Waals surface area (Å²) in [5.41, 5.74) is -0.232. The van der Waals surface area contributed by atoms with Gasteiger partial charge in [-0.05, 0) is 32.0 Å². The molecular formula is C19H18N2O6. The molecule has 2 aromatic heterocycles. The Labute approximate surface area is 154 Å². The number of carbonyl (C=O) groups is 2. The van der Waals surface area contributed by atoms with Gasteiger partial charge < -0.3 is 13.9 Å². The number of nitrogens with zero attached hydrogens (tertiary/aromatic N) is 2. The quantitative estimate of drug-likeness (QED) is 0.637. The number of hydrogen-bond donors (Lipinski definition) is 0. The van der Waals surface area contributed by atoms with Crippen LogP contribution in [0.5, 0.6) is 0 Å². The lowest BCUT2D eigenvalue weighted by Crippen LogP contribution is -2.27. The molecule has 0 amide bonds. The molecule has 0 saturated heterocycles. The highest BCUT2D eigenvalue weighted by Gasteiger charge is 2.20. The van der Waals surface area contributed by atoms with Crippen molar-refractivity contribution in [3.05, 3.63) is 64.0 Å². The maximum Gasteiger partial charge on any atom is 0.373 e. The van der Waals surface area contributed by atoms with Crippen LogP contribution in [0, 0.1) is 0 Å². The van der Waals surface area contributed by atoms with Crippen LogP contribution in [0.1, 0.15) is 46.7 Å². The Balaban J connectivity index is 1.89. The Morgan fingerprint density at radius 1 is 1.11 bits per heavy atom. The molecule has 0 spiro atoms. The number of esters is 2. The summed E-state index contributed by atoms with van der Waals surface area (Å²) in [5.74, 6) is -1.02. The Hall–Kier alpha value is -3.42. The van der Waals surface area contributed by atoms with Crippen LogP contribution in [0.15, 0.2) is 45.6 Å². The molecule has 0 fully saturated rings. The predicted octanol–water partition coefficient (Wildman–Crippen LogP) is 2.71. The molecule has 0 radical (unpaired) electrons. The van der Waals surface area contributed by atoms with Gasteiger partial charge in [0.25, 0.3) is 5.56 Å². The van der Waals surface area contributed by atoms with Crippen LogP contribution in [0.3, 0.4) is 0 Å². The van der Waals surface area contributed by atoms with Gasteiger partial charge in [-0.3, -0.25) is 4.79 Å². The molecule has 3 aromatic rings. The van der Waals surface area contributed by atoms with Crippen molar-refractivity contribution in [1.29, 1.82) is 0 Å². The maximum atomic E-state index is 12.6. The molecule has 8 heteroatoms. The van der Waals surface area contributed by atoms with E-state index >= 15 is 0 Å². The number of hydrogen-bond acceptors (Lipinski definition) is 7. The Bertz CT molecular complexity index is 1060. The molecule has 0 aliphatic carbocycles. The third kappa shape index (κ3) is 3.59. The summed E-state index contributed by atoms with van der Waals surface area (Å²) in [6.07, 6.45) is 0. The zero-order valence-electron chi connectivity index (χ0n) is 15.1. The minimum Gasteiger partial charge on any atom is -0.463 e. The molecule has 0 bridgehead atoms. The van der Waals surface area contributed by atoms with E-state index in [4.69, 9.17) is 9.15 Å². The average molecular weight is 370 g/mol. The SMILES string of the molecule is COC(=O)c1ccc(COC(=O)c2nn(C(C)C)c(=O)c3ccccc23)o1. The van der Waals surface area contributed by atoms with E-state index < -0.39 is 11.9 Å². The topological polar surface area (TPSA) is 101 Å². The third-order valence-corrected chi connectivity index (χ3v) is 3.90. The van der Waals surface area contributed by atoms with E-state index in [9.17, 15) is 14.4 Å². The summed E-state index contributed by atoms with van der Waals surface area (Å²) in [5, 5.41) is 4.99. The Kier molecular flexibility index (Phi) is 5.07. The van der Waals surface area contributed by atoms with Gasteiger partial charge in [-0.2, -0.15) is 5.10 Å². The largest absolute Gasteiger partial charge is 0.463 e. The van der Waals surface area contributed by atoms with Crippen molar-refractivity contribution in [1.82, 2.24) is 9.78 Å². The van der Waals surface area contributed by atoms with Gasteiger partial charge in [-0.15, -0.1) is 0 Å². The van der Waals surface area contributed by atoms with Crippen LogP contribution < -0.4 is 5.56 Å².